The van der Waals surface area contributed by atoms with Gasteiger partial charge in [0.2, 0.25) is 0 Å². The molecule has 51 heavy (non-hydrogen) atoms. The first kappa shape index (κ1) is 37.9. The van der Waals surface area contributed by atoms with Gasteiger partial charge in [-0.05, 0) is 109 Å². The van der Waals surface area contributed by atoms with Crippen LogP contribution in [0, 0.1) is 0 Å². The average molecular weight is 696 g/mol. The molecule has 0 amide bonds. The van der Waals surface area contributed by atoms with E-state index in [2.05, 4.69) is 122 Å². The molecular weight excluding hydrogens is 640 g/mol. The number of aromatic hydroxyl groups is 1. The summed E-state index contributed by atoms with van der Waals surface area (Å²) >= 11 is 0. The van der Waals surface area contributed by atoms with Crippen molar-refractivity contribution in [2.45, 2.75) is 77.0 Å². The van der Waals surface area contributed by atoms with Crippen molar-refractivity contribution in [2.24, 2.45) is 0 Å². The Morgan fingerprint density at radius 2 is 1.04 bits per heavy atom. The number of phenols is 1. The van der Waals surface area contributed by atoms with Gasteiger partial charge in [-0.25, -0.2) is 0 Å². The van der Waals surface area contributed by atoms with Crippen molar-refractivity contribution in [3.05, 3.63) is 164 Å². The molecule has 5 aromatic rings. The summed E-state index contributed by atoms with van der Waals surface area (Å²) in [5.74, 6) is 1.20. The molecule has 0 heterocycles. The molecule has 3 heteroatoms. The first-order valence-electron chi connectivity index (χ1n) is 19.0. The first-order chi connectivity index (χ1) is 25.2. The van der Waals surface area contributed by atoms with Crippen LogP contribution in [0.4, 0.5) is 0 Å². The molecule has 0 unspecified atom stereocenters. The molecule has 0 fully saturated rings. The van der Waals surface area contributed by atoms with E-state index in [0.29, 0.717) is 18.8 Å². The molecule has 0 aromatic heterocycles. The zero-order valence-electron chi connectivity index (χ0n) is 30.4. The fourth-order valence-electron chi connectivity index (χ4n) is 7.22. The third-order valence-corrected chi connectivity index (χ3v) is 14.4. The molecule has 0 saturated carbocycles. The standard InChI is InChI=1S/C48H55O2P/c1-3-24-40-32-35-48(46(38-40)41-33-34-47(49)42(39-41)25-4-2)50-36-22-11-9-7-5-6-8-10-12-23-37-51(43-26-16-13-17-27-43,44-28-18-14-19-29-44)45-30-20-15-21-31-45/h3-4,13-21,26-35,38-39H,1-2,5-12,22-25,36-37H2/p+1. The predicted molar refractivity (Wildman–Crippen MR) is 223 cm³/mol. The van der Waals surface area contributed by atoms with E-state index in [0.717, 1.165) is 35.3 Å². The van der Waals surface area contributed by atoms with Crippen molar-refractivity contribution >= 4 is 23.2 Å². The lowest BCUT2D eigenvalue weighted by Crippen LogP contribution is -2.33. The summed E-state index contributed by atoms with van der Waals surface area (Å²) in [6.07, 6.45) is 19.0. The van der Waals surface area contributed by atoms with Crippen LogP contribution in [-0.2, 0) is 12.8 Å². The molecule has 264 valence electrons. The third-order valence-electron chi connectivity index (χ3n) is 9.92. The fourth-order valence-corrected chi connectivity index (χ4v) is 11.6. The average Bonchev–Trinajstić information content (AvgIpc) is 3.18. The van der Waals surface area contributed by atoms with Crippen molar-refractivity contribution in [3.8, 4) is 22.6 Å². The molecule has 0 spiro atoms. The fraction of sp³-hybridized carbons (Fsp3) is 0.292. The van der Waals surface area contributed by atoms with Crippen LogP contribution in [0.15, 0.2) is 153 Å². The lowest BCUT2D eigenvalue weighted by atomic mass is 9.97. The van der Waals surface area contributed by atoms with E-state index in [-0.39, 0.29) is 0 Å². The molecule has 1 N–H and O–H groups in total. The number of unbranched alkanes of at least 4 members (excludes halogenated alkanes) is 9. The highest BCUT2D eigenvalue weighted by Gasteiger charge is 2.44. The highest BCUT2D eigenvalue weighted by atomic mass is 31.2. The van der Waals surface area contributed by atoms with Gasteiger partial charge in [-0.3, -0.25) is 0 Å². The van der Waals surface area contributed by atoms with Crippen LogP contribution < -0.4 is 20.7 Å². The van der Waals surface area contributed by atoms with Crippen molar-refractivity contribution in [1.29, 1.82) is 0 Å². The van der Waals surface area contributed by atoms with Gasteiger partial charge in [0.05, 0.1) is 12.8 Å². The first-order valence-corrected chi connectivity index (χ1v) is 21.0. The highest BCUT2D eigenvalue weighted by Crippen LogP contribution is 2.56. The Morgan fingerprint density at radius 3 is 1.57 bits per heavy atom. The van der Waals surface area contributed by atoms with Crippen molar-refractivity contribution in [3.63, 3.8) is 0 Å². The van der Waals surface area contributed by atoms with Gasteiger partial charge in [0.1, 0.15) is 34.7 Å². The zero-order valence-corrected chi connectivity index (χ0v) is 31.3. The normalized spacial score (nSPS) is 11.3. The van der Waals surface area contributed by atoms with Crippen LogP contribution in [0.5, 0.6) is 11.5 Å². The second kappa shape index (κ2) is 20.5. The molecule has 2 nitrogen and oxygen atoms in total. The highest BCUT2D eigenvalue weighted by molar-refractivity contribution is 7.95. The summed E-state index contributed by atoms with van der Waals surface area (Å²) in [5, 5.41) is 14.8. The Balaban J connectivity index is 1.03. The van der Waals surface area contributed by atoms with Crippen LogP contribution in [0.3, 0.4) is 0 Å². The Bertz CT molecular complexity index is 1670. The number of hydrogen-bond acceptors (Lipinski definition) is 2. The van der Waals surface area contributed by atoms with Gasteiger partial charge in [0.15, 0.2) is 0 Å². The van der Waals surface area contributed by atoms with Crippen molar-refractivity contribution < 1.29 is 9.84 Å². The van der Waals surface area contributed by atoms with Crippen molar-refractivity contribution in [2.75, 3.05) is 12.8 Å². The van der Waals surface area contributed by atoms with Crippen LogP contribution in [-0.4, -0.2) is 17.9 Å². The van der Waals surface area contributed by atoms with E-state index in [1.807, 2.05) is 24.3 Å². The van der Waals surface area contributed by atoms with Gasteiger partial charge in [-0.2, -0.15) is 0 Å². The number of hydrogen-bond donors (Lipinski definition) is 1. The number of phenolic OH excluding ortho intramolecular Hbond substituents is 1. The molecule has 0 saturated heterocycles. The Labute approximate surface area is 308 Å². The Hall–Kier alpha value is -4.39. The van der Waals surface area contributed by atoms with Crippen LogP contribution >= 0.6 is 7.26 Å². The smallest absolute Gasteiger partial charge is 0.127 e. The molecule has 0 atom stereocenters. The Kier molecular flexibility index (Phi) is 15.2. The van der Waals surface area contributed by atoms with E-state index < -0.39 is 7.26 Å². The topological polar surface area (TPSA) is 29.5 Å². The molecule has 0 aliphatic heterocycles. The second-order valence-corrected chi connectivity index (χ2v) is 17.2. The van der Waals surface area contributed by atoms with Gasteiger partial charge in [-0.1, -0.05) is 124 Å². The SMILES string of the molecule is C=CCc1ccc(OCCCCCCCCCCCC[P+](c2ccccc2)(c2ccccc2)c2ccccc2)c(-c2ccc(O)c(CC=C)c2)c1. The van der Waals surface area contributed by atoms with Crippen molar-refractivity contribution in [1.82, 2.24) is 0 Å². The largest absolute Gasteiger partial charge is 0.508 e. The maximum absolute atomic E-state index is 10.3. The van der Waals surface area contributed by atoms with Crippen LogP contribution in [0.2, 0.25) is 0 Å². The van der Waals surface area contributed by atoms with E-state index in [9.17, 15) is 5.11 Å². The minimum atomic E-state index is -1.71. The summed E-state index contributed by atoms with van der Waals surface area (Å²) in [6.45, 7) is 8.46. The van der Waals surface area contributed by atoms with Gasteiger partial charge < -0.3 is 9.84 Å². The zero-order chi connectivity index (χ0) is 35.6. The summed E-state index contributed by atoms with van der Waals surface area (Å²) in [6, 6.07) is 46.0. The lowest BCUT2D eigenvalue weighted by molar-refractivity contribution is 0.305. The van der Waals surface area contributed by atoms with Crippen LogP contribution in [0.1, 0.15) is 75.3 Å². The molecule has 5 aromatic carbocycles. The quantitative estimate of drug-likeness (QED) is 0.0444. The monoisotopic (exact) mass is 695 g/mol. The predicted octanol–water partition coefficient (Wildman–Crippen LogP) is 11.8. The van der Waals surface area contributed by atoms with Gasteiger partial charge in [-0.15, -0.1) is 13.2 Å². The minimum absolute atomic E-state index is 0.303. The summed E-state index contributed by atoms with van der Waals surface area (Å²) in [5.41, 5.74) is 4.19. The molecule has 0 bridgehead atoms. The summed E-state index contributed by atoms with van der Waals surface area (Å²) in [7, 11) is -1.71. The maximum atomic E-state index is 10.3. The number of allylic oxidation sites excluding steroid dienone is 2. The third kappa shape index (κ3) is 10.6. The van der Waals surface area contributed by atoms with Gasteiger partial charge in [0, 0.05) is 5.56 Å². The lowest BCUT2D eigenvalue weighted by Gasteiger charge is -2.27. The van der Waals surface area contributed by atoms with E-state index in [4.69, 9.17) is 4.74 Å². The molecule has 0 radical (unpaired) electrons. The molecule has 5 rings (SSSR count). The summed E-state index contributed by atoms with van der Waals surface area (Å²) < 4.78 is 6.34. The number of benzene rings is 5. The van der Waals surface area contributed by atoms with E-state index in [1.165, 1.54) is 85.4 Å². The van der Waals surface area contributed by atoms with Crippen LogP contribution in [0.25, 0.3) is 11.1 Å². The van der Waals surface area contributed by atoms with Gasteiger partial charge in [0.25, 0.3) is 0 Å². The van der Waals surface area contributed by atoms with E-state index >= 15 is 0 Å². The number of ether oxygens (including phenoxy) is 1. The van der Waals surface area contributed by atoms with Gasteiger partial charge >= 0.3 is 0 Å². The number of rotatable bonds is 22. The molecule has 0 aliphatic rings. The van der Waals surface area contributed by atoms with E-state index in [1.54, 1.807) is 6.07 Å². The molecular formula is C48H56O2P+. The minimum Gasteiger partial charge on any atom is -0.508 e. The maximum Gasteiger partial charge on any atom is 0.127 e. The molecule has 0 aliphatic carbocycles. The Morgan fingerprint density at radius 1 is 0.529 bits per heavy atom. The second-order valence-electron chi connectivity index (χ2n) is 13.6. The summed E-state index contributed by atoms with van der Waals surface area (Å²) in [4.78, 5) is 0.